The zero-order chi connectivity index (χ0) is 9.03. The van der Waals surface area contributed by atoms with Gasteiger partial charge in [-0.25, -0.2) is 0 Å². The summed E-state index contributed by atoms with van der Waals surface area (Å²) in [5.74, 6) is -0.175. The number of hydrogen-bond acceptors (Lipinski definition) is 2. The Morgan fingerprint density at radius 1 is 1.23 bits per heavy atom. The smallest absolute Gasteiger partial charge is 0.264 e. The van der Waals surface area contributed by atoms with Crippen LogP contribution in [0.2, 0.25) is 0 Å². The van der Waals surface area contributed by atoms with E-state index in [2.05, 4.69) is 0 Å². The Morgan fingerprint density at radius 2 is 1.77 bits per heavy atom. The molecule has 5 nitrogen and oxygen atoms in total. The Labute approximate surface area is 77.1 Å². The Kier molecular flexibility index (Phi) is 4.68. The quantitative estimate of drug-likeness (QED) is 0.701. The van der Waals surface area contributed by atoms with Gasteiger partial charge in [-0.3, -0.25) is 4.55 Å². The van der Waals surface area contributed by atoms with E-state index in [1.54, 1.807) is 0 Å². The molecular formula is C7H13NO4S. The fraction of sp³-hybridized carbons (Fsp3) is 0.429. The van der Waals surface area contributed by atoms with Crippen molar-refractivity contribution in [3.63, 3.8) is 0 Å². The van der Waals surface area contributed by atoms with E-state index >= 15 is 0 Å². The maximum Gasteiger partial charge on any atom is 0.264 e. The molecule has 0 fully saturated rings. The van der Waals surface area contributed by atoms with E-state index in [-0.39, 0.29) is 11.2 Å². The molecule has 0 aliphatic heterocycles. The molecule has 1 aromatic rings. The lowest BCUT2D eigenvalue weighted by Gasteiger charge is -1.99. The molecule has 0 aliphatic carbocycles. The second-order valence-corrected chi connectivity index (χ2v) is 4.13. The Balaban J connectivity index is 0.00000144. The molecule has 0 unspecified atom stereocenters. The van der Waals surface area contributed by atoms with Crippen molar-refractivity contribution in [2.45, 2.75) is 13.0 Å². The van der Waals surface area contributed by atoms with Crippen LogP contribution in [-0.2, 0) is 16.7 Å². The van der Waals surface area contributed by atoms with Gasteiger partial charge in [-0.15, -0.1) is 0 Å². The van der Waals surface area contributed by atoms with E-state index in [1.807, 2.05) is 29.1 Å². The summed E-state index contributed by atoms with van der Waals surface area (Å²) in [6, 6.07) is 3.74. The van der Waals surface area contributed by atoms with Crippen molar-refractivity contribution in [2.75, 3.05) is 5.75 Å². The lowest BCUT2D eigenvalue weighted by Crippen LogP contribution is -2.06. The topological polar surface area (TPSA) is 90.8 Å². The van der Waals surface area contributed by atoms with Crippen molar-refractivity contribution < 1.29 is 18.4 Å². The van der Waals surface area contributed by atoms with Gasteiger partial charge in [0.2, 0.25) is 0 Å². The predicted molar refractivity (Wildman–Crippen MR) is 49.1 cm³/mol. The van der Waals surface area contributed by atoms with Crippen LogP contribution in [0.5, 0.6) is 0 Å². The first-order valence-corrected chi connectivity index (χ1v) is 5.25. The predicted octanol–water partition coefficient (Wildman–Crippen LogP) is -0.0587. The second-order valence-electron chi connectivity index (χ2n) is 2.56. The second kappa shape index (κ2) is 5.00. The summed E-state index contributed by atoms with van der Waals surface area (Å²) in [6.07, 6.45) is 4.14. The summed E-state index contributed by atoms with van der Waals surface area (Å²) in [6.45, 7) is 0.618. The van der Waals surface area contributed by atoms with Crippen LogP contribution in [0.25, 0.3) is 0 Å². The molecule has 0 bridgehead atoms. The zero-order valence-corrected chi connectivity index (χ0v) is 7.87. The fourth-order valence-corrected chi connectivity index (χ4v) is 1.44. The van der Waals surface area contributed by atoms with E-state index in [1.165, 1.54) is 0 Å². The highest BCUT2D eigenvalue weighted by Crippen LogP contribution is 1.95. The van der Waals surface area contributed by atoms with Crippen LogP contribution >= 0.6 is 0 Å². The molecule has 6 heteroatoms. The SMILES string of the molecule is O.O=S(=O)(O)CCCn1cccc1. The number of aromatic nitrogens is 1. The molecular weight excluding hydrogens is 194 g/mol. The van der Waals surface area contributed by atoms with Crippen LogP contribution in [0.4, 0.5) is 0 Å². The highest BCUT2D eigenvalue weighted by atomic mass is 32.2. The van der Waals surface area contributed by atoms with Gasteiger partial charge in [-0.05, 0) is 18.6 Å². The molecule has 0 radical (unpaired) electrons. The highest BCUT2D eigenvalue weighted by molar-refractivity contribution is 7.85. The van der Waals surface area contributed by atoms with Gasteiger partial charge in [-0.2, -0.15) is 8.42 Å². The van der Waals surface area contributed by atoms with Crippen LogP contribution < -0.4 is 0 Å². The molecule has 0 spiro atoms. The fourth-order valence-electron chi connectivity index (χ4n) is 0.949. The van der Waals surface area contributed by atoms with E-state index < -0.39 is 10.1 Å². The number of rotatable bonds is 4. The van der Waals surface area contributed by atoms with Crippen molar-refractivity contribution in [2.24, 2.45) is 0 Å². The Bertz CT molecular complexity index is 316. The van der Waals surface area contributed by atoms with Gasteiger partial charge >= 0.3 is 0 Å². The van der Waals surface area contributed by atoms with E-state index in [0.717, 1.165) is 0 Å². The van der Waals surface area contributed by atoms with Gasteiger partial charge in [0.05, 0.1) is 5.75 Å². The Hall–Kier alpha value is -0.850. The minimum Gasteiger partial charge on any atom is -0.412 e. The van der Waals surface area contributed by atoms with Crippen LogP contribution in [0.3, 0.4) is 0 Å². The zero-order valence-electron chi connectivity index (χ0n) is 7.05. The Morgan fingerprint density at radius 3 is 2.23 bits per heavy atom. The average Bonchev–Trinajstić information content (AvgIpc) is 2.36. The van der Waals surface area contributed by atoms with Gasteiger partial charge < -0.3 is 10.0 Å². The van der Waals surface area contributed by atoms with Crippen molar-refractivity contribution >= 4 is 10.1 Å². The molecule has 1 heterocycles. The first-order valence-electron chi connectivity index (χ1n) is 3.64. The minimum atomic E-state index is -3.79. The maximum absolute atomic E-state index is 10.3. The number of aryl methyl sites for hydroxylation is 1. The molecule has 0 amide bonds. The van der Waals surface area contributed by atoms with Crippen LogP contribution in [-0.4, -0.2) is 28.8 Å². The molecule has 1 rings (SSSR count). The summed E-state index contributed by atoms with van der Waals surface area (Å²) < 4.78 is 30.9. The lowest BCUT2D eigenvalue weighted by atomic mass is 10.5. The van der Waals surface area contributed by atoms with E-state index in [0.29, 0.717) is 13.0 Å². The van der Waals surface area contributed by atoms with Crippen molar-refractivity contribution in [3.8, 4) is 0 Å². The summed E-state index contributed by atoms with van der Waals surface area (Å²) in [5.41, 5.74) is 0. The molecule has 3 N–H and O–H groups in total. The van der Waals surface area contributed by atoms with Gasteiger partial charge in [-0.1, -0.05) is 0 Å². The third kappa shape index (κ3) is 5.40. The van der Waals surface area contributed by atoms with Crippen LogP contribution in [0.15, 0.2) is 24.5 Å². The number of hydrogen-bond donors (Lipinski definition) is 1. The van der Waals surface area contributed by atoms with Crippen molar-refractivity contribution in [3.05, 3.63) is 24.5 Å². The minimum absolute atomic E-state index is 0. The van der Waals surface area contributed by atoms with E-state index in [4.69, 9.17) is 4.55 Å². The monoisotopic (exact) mass is 207 g/mol. The van der Waals surface area contributed by atoms with Crippen molar-refractivity contribution in [1.29, 1.82) is 0 Å². The molecule has 76 valence electrons. The lowest BCUT2D eigenvalue weighted by molar-refractivity contribution is 0.478. The summed E-state index contributed by atoms with van der Waals surface area (Å²) in [7, 11) is -3.79. The largest absolute Gasteiger partial charge is 0.412 e. The first-order chi connectivity index (χ1) is 5.58. The van der Waals surface area contributed by atoms with Gasteiger partial charge in [0.1, 0.15) is 0 Å². The van der Waals surface area contributed by atoms with Crippen molar-refractivity contribution in [1.82, 2.24) is 4.57 Å². The summed E-state index contributed by atoms with van der Waals surface area (Å²) in [4.78, 5) is 0. The van der Waals surface area contributed by atoms with E-state index in [9.17, 15) is 8.42 Å². The standard InChI is InChI=1S/C7H11NO3S.H2O/c9-12(10,11)7-3-6-8-4-1-2-5-8;/h1-2,4-5H,3,6-7H2,(H,9,10,11);1H2. The van der Waals surface area contributed by atoms with Crippen LogP contribution in [0.1, 0.15) is 6.42 Å². The molecule has 1 aromatic heterocycles. The highest BCUT2D eigenvalue weighted by Gasteiger charge is 2.02. The average molecular weight is 207 g/mol. The summed E-state index contributed by atoms with van der Waals surface area (Å²) >= 11 is 0. The van der Waals surface area contributed by atoms with Crippen LogP contribution in [0, 0.1) is 0 Å². The molecule has 13 heavy (non-hydrogen) atoms. The molecule has 0 saturated heterocycles. The normalized spacial score (nSPS) is 10.8. The molecule has 0 aliphatic rings. The van der Waals surface area contributed by atoms with Gasteiger partial charge in [0.15, 0.2) is 0 Å². The molecule has 0 saturated carbocycles. The molecule has 0 atom stereocenters. The summed E-state index contributed by atoms with van der Waals surface area (Å²) in [5, 5.41) is 0. The maximum atomic E-state index is 10.3. The first kappa shape index (κ1) is 12.2. The van der Waals surface area contributed by atoms with Gasteiger partial charge in [0.25, 0.3) is 10.1 Å². The van der Waals surface area contributed by atoms with Gasteiger partial charge in [0, 0.05) is 18.9 Å². The number of nitrogens with zero attached hydrogens (tertiary/aromatic N) is 1. The third-order valence-electron chi connectivity index (χ3n) is 1.48. The molecule has 0 aromatic carbocycles. The third-order valence-corrected chi connectivity index (χ3v) is 2.29.